The minimum Gasteiger partial charge on any atom is -0.485 e. The molecule has 6 rings (SSSR count). The first-order valence-electron chi connectivity index (χ1n) is 11.6. The first kappa shape index (κ1) is 23.1. The van der Waals surface area contributed by atoms with Crippen molar-refractivity contribution in [3.8, 4) is 23.3 Å². The van der Waals surface area contributed by atoms with Crippen LogP contribution in [0.25, 0.3) is 11.0 Å². The highest BCUT2D eigenvalue weighted by atomic mass is 35.5. The van der Waals surface area contributed by atoms with Crippen LogP contribution in [0.5, 0.6) is 11.5 Å². The average molecular weight is 521 g/mol. The monoisotopic (exact) mass is 520 g/mol. The molecule has 0 radical (unpaired) electrons. The quantitative estimate of drug-likeness (QED) is 0.286. The number of H-pyrrole nitrogens is 1. The maximum Gasteiger partial charge on any atom is 0.259 e. The van der Waals surface area contributed by atoms with Gasteiger partial charge in [0.25, 0.3) is 5.91 Å². The van der Waals surface area contributed by atoms with Gasteiger partial charge in [0.05, 0.1) is 27.4 Å². The number of anilines is 3. The maximum absolute atomic E-state index is 14.5. The zero-order valence-corrected chi connectivity index (χ0v) is 20.0. The number of amides is 1. The molecule has 1 fully saturated rings. The van der Waals surface area contributed by atoms with Gasteiger partial charge < -0.3 is 25.1 Å². The van der Waals surface area contributed by atoms with Gasteiger partial charge in [-0.3, -0.25) is 4.79 Å². The molecule has 1 amide bonds. The summed E-state index contributed by atoms with van der Waals surface area (Å²) in [6, 6.07) is 10.2. The van der Waals surface area contributed by atoms with E-state index in [2.05, 4.69) is 32.4 Å². The van der Waals surface area contributed by atoms with Crippen LogP contribution in [0.1, 0.15) is 28.8 Å². The molecule has 10 heteroatoms. The van der Waals surface area contributed by atoms with E-state index in [1.165, 1.54) is 18.2 Å². The molecular weight excluding hydrogens is 502 g/mol. The molecule has 3 N–H and O–H groups in total. The van der Waals surface area contributed by atoms with Crippen molar-refractivity contribution in [1.82, 2.24) is 9.97 Å². The molecule has 0 bridgehead atoms. The lowest BCUT2D eigenvalue weighted by Gasteiger charge is -2.21. The molecule has 37 heavy (non-hydrogen) atoms. The van der Waals surface area contributed by atoms with E-state index < -0.39 is 17.5 Å². The number of carbonyl (C=O) groups is 1. The van der Waals surface area contributed by atoms with Gasteiger partial charge in [-0.05, 0) is 49.2 Å². The van der Waals surface area contributed by atoms with Crippen LogP contribution in [0.2, 0.25) is 5.02 Å². The number of halogens is 3. The van der Waals surface area contributed by atoms with Crippen LogP contribution < -0.4 is 20.1 Å². The van der Waals surface area contributed by atoms with E-state index >= 15 is 0 Å². The highest BCUT2D eigenvalue weighted by molar-refractivity contribution is 6.33. The summed E-state index contributed by atoms with van der Waals surface area (Å²) < 4.78 is 40.3. The second-order valence-corrected chi connectivity index (χ2v) is 9.08. The van der Waals surface area contributed by atoms with Crippen LogP contribution in [0.4, 0.5) is 26.1 Å². The number of rotatable bonds is 4. The molecule has 2 aliphatic rings. The number of aromatic nitrogens is 2. The van der Waals surface area contributed by atoms with Crippen molar-refractivity contribution in [2.75, 3.05) is 23.8 Å². The summed E-state index contributed by atoms with van der Waals surface area (Å²) in [4.78, 5) is 20.7. The summed E-state index contributed by atoms with van der Waals surface area (Å²) in [5, 5.41) is 5.71. The average Bonchev–Trinajstić information content (AvgIpc) is 3.62. The summed E-state index contributed by atoms with van der Waals surface area (Å²) in [6.45, 7) is 0.499. The largest absolute Gasteiger partial charge is 0.485 e. The number of ether oxygens (including phenoxy) is 2. The maximum atomic E-state index is 14.5. The number of imidazole rings is 1. The fraction of sp³-hybridized carbons (Fsp3) is 0.185. The molecule has 0 unspecified atom stereocenters. The second-order valence-electron chi connectivity index (χ2n) is 8.67. The highest BCUT2D eigenvalue weighted by Gasteiger charge is 2.27. The van der Waals surface area contributed by atoms with E-state index in [9.17, 15) is 13.6 Å². The Kier molecular flexibility index (Phi) is 5.81. The summed E-state index contributed by atoms with van der Waals surface area (Å²) >= 11 is 6.12. The predicted octanol–water partition coefficient (Wildman–Crippen LogP) is 6.02. The minimum absolute atomic E-state index is 0.0551. The molecule has 1 saturated carbocycles. The van der Waals surface area contributed by atoms with Gasteiger partial charge >= 0.3 is 0 Å². The van der Waals surface area contributed by atoms with Gasteiger partial charge in [-0.25, -0.2) is 13.8 Å². The number of nitrogens with zero attached hydrogens (tertiary/aromatic N) is 1. The molecule has 1 aromatic heterocycles. The van der Waals surface area contributed by atoms with E-state index in [1.54, 1.807) is 24.3 Å². The number of benzene rings is 3. The van der Waals surface area contributed by atoms with Gasteiger partial charge in [0.2, 0.25) is 5.95 Å². The first-order valence-corrected chi connectivity index (χ1v) is 12.0. The molecule has 0 atom stereocenters. The summed E-state index contributed by atoms with van der Waals surface area (Å²) in [5.41, 5.74) is 1.62. The Morgan fingerprint density at radius 3 is 2.65 bits per heavy atom. The molecular formula is C27H19ClF2N4O3. The second kappa shape index (κ2) is 9.30. The summed E-state index contributed by atoms with van der Waals surface area (Å²) in [6.07, 6.45) is 2.10. The van der Waals surface area contributed by atoms with Gasteiger partial charge in [0, 0.05) is 11.6 Å². The van der Waals surface area contributed by atoms with Crippen molar-refractivity contribution in [3.63, 3.8) is 0 Å². The number of carbonyl (C=O) groups excluding carboxylic acids is 1. The van der Waals surface area contributed by atoms with Crippen molar-refractivity contribution in [2.45, 2.75) is 12.8 Å². The lowest BCUT2D eigenvalue weighted by molar-refractivity contribution is 0.101. The van der Waals surface area contributed by atoms with Crippen molar-refractivity contribution in [3.05, 3.63) is 70.2 Å². The Hall–Kier alpha value is -4.29. The Morgan fingerprint density at radius 1 is 1.08 bits per heavy atom. The minimum atomic E-state index is -0.550. The zero-order valence-electron chi connectivity index (χ0n) is 19.3. The normalized spacial score (nSPS) is 14.1. The first-order chi connectivity index (χ1) is 18.0. The smallest absolute Gasteiger partial charge is 0.259 e. The fourth-order valence-corrected chi connectivity index (χ4v) is 4.14. The number of nitrogens with one attached hydrogen (secondary N) is 3. The predicted molar refractivity (Wildman–Crippen MR) is 136 cm³/mol. The fourth-order valence-electron chi connectivity index (χ4n) is 3.93. The van der Waals surface area contributed by atoms with Crippen molar-refractivity contribution in [2.24, 2.45) is 5.92 Å². The van der Waals surface area contributed by atoms with Crippen molar-refractivity contribution < 1.29 is 23.0 Å². The van der Waals surface area contributed by atoms with Gasteiger partial charge in [-0.1, -0.05) is 29.5 Å². The lowest BCUT2D eigenvalue weighted by atomic mass is 10.1. The van der Waals surface area contributed by atoms with Crippen molar-refractivity contribution >= 4 is 45.9 Å². The molecule has 3 aromatic carbocycles. The summed E-state index contributed by atoms with van der Waals surface area (Å²) in [7, 11) is 0. The van der Waals surface area contributed by atoms with E-state index in [0.717, 1.165) is 12.8 Å². The Balaban J connectivity index is 1.32. The lowest BCUT2D eigenvalue weighted by Crippen LogP contribution is -2.20. The number of hydrogen-bond donors (Lipinski definition) is 3. The number of hydrogen-bond acceptors (Lipinski definition) is 5. The number of fused-ring (bicyclic) bond motifs is 3. The van der Waals surface area contributed by atoms with Crippen LogP contribution in [0.3, 0.4) is 0 Å². The molecule has 0 saturated heterocycles. The van der Waals surface area contributed by atoms with Crippen LogP contribution in [0, 0.1) is 29.4 Å². The van der Waals surface area contributed by atoms with Crippen LogP contribution in [-0.4, -0.2) is 29.1 Å². The third-order valence-corrected chi connectivity index (χ3v) is 6.24. The molecule has 1 aliphatic heterocycles. The number of aromatic amines is 1. The van der Waals surface area contributed by atoms with Crippen molar-refractivity contribution in [1.29, 1.82) is 0 Å². The molecule has 186 valence electrons. The molecule has 0 spiro atoms. The van der Waals surface area contributed by atoms with Gasteiger partial charge in [0.1, 0.15) is 30.4 Å². The zero-order chi connectivity index (χ0) is 25.5. The molecule has 7 nitrogen and oxygen atoms in total. The van der Waals surface area contributed by atoms with Gasteiger partial charge in [0.15, 0.2) is 11.5 Å². The Labute approximate surface area is 215 Å². The van der Waals surface area contributed by atoms with E-state index in [0.29, 0.717) is 17.0 Å². The number of para-hydroxylation sites is 1. The van der Waals surface area contributed by atoms with E-state index in [1.807, 2.05) is 0 Å². The molecule has 1 aliphatic carbocycles. The Morgan fingerprint density at radius 2 is 1.89 bits per heavy atom. The standard InChI is InChI=1S/C27H19ClF2N4O3/c28-18-2-1-3-19(29)22(18)33-27-32-21-13-17(24-25(23(21)34-27)37-11-10-36-24)26(35)31-16-9-8-15(20(30)12-16)7-6-14-4-5-14/h1-3,8-9,12-14H,4-5,10-11H2,(H,31,35)(H2,32,33,34). The Bertz CT molecular complexity index is 1600. The van der Waals surface area contributed by atoms with Gasteiger partial charge in [-0.2, -0.15) is 0 Å². The van der Waals surface area contributed by atoms with Crippen LogP contribution in [0.15, 0.2) is 42.5 Å². The van der Waals surface area contributed by atoms with Gasteiger partial charge in [-0.15, -0.1) is 0 Å². The third kappa shape index (κ3) is 4.63. The third-order valence-electron chi connectivity index (χ3n) is 5.93. The van der Waals surface area contributed by atoms with E-state index in [-0.39, 0.29) is 58.2 Å². The molecule has 2 heterocycles. The highest BCUT2D eigenvalue weighted by Crippen LogP contribution is 2.41. The summed E-state index contributed by atoms with van der Waals surface area (Å²) in [5.74, 6) is 5.32. The van der Waals surface area contributed by atoms with Crippen LogP contribution in [-0.2, 0) is 0 Å². The molecule has 4 aromatic rings. The van der Waals surface area contributed by atoms with Crippen LogP contribution >= 0.6 is 11.6 Å². The van der Waals surface area contributed by atoms with E-state index in [4.69, 9.17) is 21.1 Å². The topological polar surface area (TPSA) is 88.3 Å². The SMILES string of the molecule is O=C(Nc1ccc(C#CC2CC2)c(F)c1)c1cc2[nH]c(Nc3c(F)cccc3Cl)nc2c2c1OCCO2.